The number of anilines is 2. The minimum Gasteiger partial charge on any atom is -0.376 e. The summed E-state index contributed by atoms with van der Waals surface area (Å²) in [5.41, 5.74) is 20.6. The second-order valence-corrected chi connectivity index (χ2v) is 21.3. The zero-order valence-corrected chi connectivity index (χ0v) is 35.2. The summed E-state index contributed by atoms with van der Waals surface area (Å²) in [6.07, 6.45) is 0. The van der Waals surface area contributed by atoms with Gasteiger partial charge in [0.2, 0.25) is 0 Å². The van der Waals surface area contributed by atoms with Crippen molar-refractivity contribution in [3.8, 4) is 11.1 Å². The summed E-state index contributed by atoms with van der Waals surface area (Å²) in [5, 5.41) is 0. The Morgan fingerprint density at radius 3 is 1.42 bits per heavy atom. The van der Waals surface area contributed by atoms with E-state index in [2.05, 4.69) is 200 Å². The molecule has 0 saturated carbocycles. The van der Waals surface area contributed by atoms with Crippen LogP contribution in [0.5, 0.6) is 0 Å². The van der Waals surface area contributed by atoms with E-state index in [1.807, 2.05) is 0 Å². The summed E-state index contributed by atoms with van der Waals surface area (Å²) in [4.78, 5) is 2.87. The highest BCUT2D eigenvalue weighted by Gasteiger charge is 2.54. The average molecular weight is 698 g/mol. The second kappa shape index (κ2) is 11.0. The quantitative estimate of drug-likeness (QED) is 0.158. The van der Waals surface area contributed by atoms with Crippen molar-refractivity contribution in [3.05, 3.63) is 141 Å². The maximum absolute atomic E-state index is 2.87. The van der Waals surface area contributed by atoms with Crippen molar-refractivity contribution >= 4 is 29.1 Å². The van der Waals surface area contributed by atoms with Gasteiger partial charge in [-0.3, -0.25) is 0 Å². The normalized spacial score (nSPS) is 18.6. The zero-order chi connectivity index (χ0) is 38.4. The Hall–Kier alpha value is -4.04. The molecule has 3 aliphatic rings. The summed E-state index contributed by atoms with van der Waals surface area (Å²) >= 11 is 0. The Kier molecular flexibility index (Phi) is 7.48. The number of hydrogen-bond donors (Lipinski definition) is 0. The first-order chi connectivity index (χ1) is 24.5. The first-order valence-corrected chi connectivity index (χ1v) is 20.0. The molecule has 2 aliphatic heterocycles. The first-order valence-electron chi connectivity index (χ1n) is 20.0. The number of fused-ring (bicyclic) bond motifs is 7. The summed E-state index contributed by atoms with van der Waals surface area (Å²) in [6, 6.07) is 36.1. The van der Waals surface area contributed by atoms with E-state index < -0.39 is 0 Å². The molecule has 1 nitrogen and oxygen atoms in total. The zero-order valence-electron chi connectivity index (χ0n) is 35.2. The van der Waals surface area contributed by atoms with Crippen LogP contribution >= 0.6 is 0 Å². The molecule has 53 heavy (non-hydrogen) atoms. The smallest absolute Gasteiger partial charge is 0.328 e. The van der Waals surface area contributed by atoms with Gasteiger partial charge in [0.05, 0.1) is 0 Å². The average Bonchev–Trinajstić information content (AvgIpc) is 3.33. The number of hydrogen-bond acceptors (Lipinski definition) is 1. The molecule has 0 saturated heterocycles. The maximum Gasteiger partial charge on any atom is 0.328 e. The molecule has 5 aromatic carbocycles. The lowest BCUT2D eigenvalue weighted by molar-refractivity contribution is 0.545. The minimum absolute atomic E-state index is 0.00528. The third-order valence-electron chi connectivity index (χ3n) is 13.1. The van der Waals surface area contributed by atoms with Gasteiger partial charge in [-0.25, -0.2) is 0 Å². The second-order valence-electron chi connectivity index (χ2n) is 21.3. The van der Waals surface area contributed by atoms with Crippen LogP contribution in [0.1, 0.15) is 154 Å². The van der Waals surface area contributed by atoms with Gasteiger partial charge in [0.15, 0.2) is 0 Å². The summed E-state index contributed by atoms with van der Waals surface area (Å²) < 4.78 is 0. The summed E-state index contributed by atoms with van der Waals surface area (Å²) in [7, 11) is 0. The van der Waals surface area contributed by atoms with Crippen LogP contribution in [0.25, 0.3) is 11.1 Å². The lowest BCUT2D eigenvalue weighted by Crippen LogP contribution is -2.64. The van der Waals surface area contributed by atoms with E-state index in [0.717, 1.165) is 0 Å². The fourth-order valence-electron chi connectivity index (χ4n) is 10.1. The van der Waals surface area contributed by atoms with E-state index in [0.29, 0.717) is 0 Å². The van der Waals surface area contributed by atoms with Crippen LogP contribution in [0.15, 0.2) is 91.0 Å². The van der Waals surface area contributed by atoms with Crippen molar-refractivity contribution in [2.45, 2.75) is 136 Å². The van der Waals surface area contributed by atoms with Gasteiger partial charge in [0.1, 0.15) is 0 Å². The summed E-state index contributed by atoms with van der Waals surface area (Å²) in [5.74, 6) is 0. The SMILES string of the molecule is CC(C)(C)c1cc(C(C)(C)C)c2c(c1)C(C)(C)c1cc(C(C)(C)C)cc(C(C)(C)C)c1N2B1c2ccccc2C2(C)c3ccccc3-c3cccc1c32. The maximum atomic E-state index is 2.87. The van der Waals surface area contributed by atoms with Crippen LogP contribution < -0.4 is 15.7 Å². The molecule has 2 heterocycles. The third-order valence-corrected chi connectivity index (χ3v) is 13.1. The molecule has 2 heteroatoms. The van der Waals surface area contributed by atoms with E-state index in [1.54, 1.807) is 0 Å². The van der Waals surface area contributed by atoms with Crippen LogP contribution in [0, 0.1) is 0 Å². The molecule has 8 rings (SSSR count). The third kappa shape index (κ3) is 5.03. The van der Waals surface area contributed by atoms with Gasteiger partial charge in [-0.2, -0.15) is 0 Å². The molecule has 0 radical (unpaired) electrons. The molecule has 272 valence electrons. The van der Waals surface area contributed by atoms with E-state index in [1.165, 1.54) is 83.5 Å². The molecule has 0 bridgehead atoms. The Morgan fingerprint density at radius 2 is 0.906 bits per heavy atom. The Bertz CT molecular complexity index is 2240. The number of nitrogens with zero attached hydrogens (tertiary/aromatic N) is 1. The van der Waals surface area contributed by atoms with E-state index in [4.69, 9.17) is 0 Å². The lowest BCUT2D eigenvalue weighted by atomic mass is 9.39. The van der Waals surface area contributed by atoms with Crippen molar-refractivity contribution in [2.75, 3.05) is 4.81 Å². The Labute approximate surface area is 321 Å². The van der Waals surface area contributed by atoms with Crippen molar-refractivity contribution in [2.24, 2.45) is 0 Å². The largest absolute Gasteiger partial charge is 0.376 e. The van der Waals surface area contributed by atoms with Crippen LogP contribution in [-0.4, -0.2) is 6.85 Å². The van der Waals surface area contributed by atoms with Gasteiger partial charge in [-0.05, 0) is 101 Å². The van der Waals surface area contributed by atoms with Crippen LogP contribution in [0.4, 0.5) is 11.4 Å². The van der Waals surface area contributed by atoms with Crippen LogP contribution in [-0.2, 0) is 32.5 Å². The standard InChI is InChI=1S/C51H60BN/c1-46(2,3)31-27-37(48(7,8)9)44-39(29-31)50(13,14)40-30-32(47(4,5)6)28-38(49(10,11)12)45(40)53(44)52-41-25-19-18-24-36(41)51(15)35-23-17-16-21-33(35)34-22-20-26-42(52)43(34)51/h16-30H,1-15H3. The van der Waals surface area contributed by atoms with Gasteiger partial charge in [0.25, 0.3) is 0 Å². The Morgan fingerprint density at radius 1 is 0.453 bits per heavy atom. The van der Waals surface area contributed by atoms with Gasteiger partial charge < -0.3 is 4.81 Å². The predicted molar refractivity (Wildman–Crippen MR) is 231 cm³/mol. The van der Waals surface area contributed by atoms with E-state index in [9.17, 15) is 0 Å². The first kappa shape index (κ1) is 36.0. The highest BCUT2D eigenvalue weighted by atomic mass is 15.1. The van der Waals surface area contributed by atoms with Gasteiger partial charge in [0, 0.05) is 22.2 Å². The molecule has 1 unspecified atom stereocenters. The number of benzene rings is 5. The molecule has 1 aliphatic carbocycles. The van der Waals surface area contributed by atoms with Crippen molar-refractivity contribution in [1.29, 1.82) is 0 Å². The van der Waals surface area contributed by atoms with Crippen molar-refractivity contribution in [3.63, 3.8) is 0 Å². The van der Waals surface area contributed by atoms with Crippen LogP contribution in [0.2, 0.25) is 0 Å². The molecule has 0 amide bonds. The lowest BCUT2D eigenvalue weighted by Gasteiger charge is -2.52. The fraction of sp³-hybridized carbons (Fsp3) is 0.412. The number of rotatable bonds is 1. The molecule has 0 aromatic heterocycles. The minimum atomic E-state index is -0.235. The van der Waals surface area contributed by atoms with Gasteiger partial charge >= 0.3 is 6.85 Å². The molecular weight excluding hydrogens is 637 g/mol. The Balaban J connectivity index is 1.59. The molecule has 1 atom stereocenters. The highest BCUT2D eigenvalue weighted by molar-refractivity contribution is 6.90. The molecule has 0 spiro atoms. The molecular formula is C51H60BN. The predicted octanol–water partition coefficient (Wildman–Crippen LogP) is 12.1. The van der Waals surface area contributed by atoms with Gasteiger partial charge in [-0.15, -0.1) is 0 Å². The molecule has 0 N–H and O–H groups in total. The van der Waals surface area contributed by atoms with Crippen molar-refractivity contribution < 1.29 is 0 Å². The summed E-state index contributed by atoms with van der Waals surface area (Å²) in [6.45, 7) is 36.3. The molecule has 0 fully saturated rings. The fourth-order valence-corrected chi connectivity index (χ4v) is 10.1. The van der Waals surface area contributed by atoms with Gasteiger partial charge in [-0.1, -0.05) is 188 Å². The topological polar surface area (TPSA) is 3.24 Å². The van der Waals surface area contributed by atoms with Crippen molar-refractivity contribution in [1.82, 2.24) is 0 Å². The monoisotopic (exact) mass is 697 g/mol. The van der Waals surface area contributed by atoms with Crippen LogP contribution in [0.3, 0.4) is 0 Å². The molecule has 5 aromatic rings. The van der Waals surface area contributed by atoms with E-state index in [-0.39, 0.29) is 39.3 Å². The highest BCUT2D eigenvalue weighted by Crippen LogP contribution is 2.59. The van der Waals surface area contributed by atoms with E-state index >= 15 is 0 Å².